The zero-order valence-electron chi connectivity index (χ0n) is 24.6. The second-order valence-electron chi connectivity index (χ2n) is 11.8. The number of nitrogens with two attached hydrogens (primary N) is 1. The van der Waals surface area contributed by atoms with E-state index in [-0.39, 0.29) is 5.91 Å². The number of benzene rings is 1. The van der Waals surface area contributed by atoms with Gasteiger partial charge < -0.3 is 29.6 Å². The van der Waals surface area contributed by atoms with Gasteiger partial charge >= 0.3 is 0 Å². The Balaban J connectivity index is 1.30. The van der Waals surface area contributed by atoms with E-state index in [0.29, 0.717) is 18.6 Å². The molecule has 1 aromatic carbocycles. The number of nitrogens with zero attached hydrogens (tertiary/aromatic N) is 5. The van der Waals surface area contributed by atoms with Crippen molar-refractivity contribution < 1.29 is 14.3 Å². The monoisotopic (exact) mass is 560 g/mol. The van der Waals surface area contributed by atoms with Crippen molar-refractivity contribution in [2.45, 2.75) is 77.5 Å². The molecule has 41 heavy (non-hydrogen) atoms. The highest BCUT2D eigenvalue weighted by Crippen LogP contribution is 2.38. The average Bonchev–Trinajstić information content (AvgIpc) is 3.38. The van der Waals surface area contributed by atoms with Crippen LogP contribution in [0.1, 0.15) is 68.4 Å². The minimum Gasteiger partial charge on any atom is -0.381 e. The topological polar surface area (TPSA) is 98.7 Å². The minimum absolute atomic E-state index is 0.112. The third kappa shape index (κ3) is 5.85. The molecule has 9 heteroatoms. The fourth-order valence-electron chi connectivity index (χ4n) is 6.74. The van der Waals surface area contributed by atoms with E-state index in [1.165, 1.54) is 11.3 Å². The Kier molecular flexibility index (Phi) is 8.55. The molecular weight excluding hydrogens is 516 g/mol. The number of aromatic nitrogens is 3. The Hall–Kier alpha value is -3.01. The maximum atomic E-state index is 12.4. The second-order valence-corrected chi connectivity index (χ2v) is 11.8. The first-order valence-corrected chi connectivity index (χ1v) is 15.4. The maximum Gasteiger partial charge on any atom is 0.219 e. The van der Waals surface area contributed by atoms with Gasteiger partial charge in [0.25, 0.3) is 0 Å². The lowest BCUT2D eigenvalue weighted by molar-refractivity contribution is -0.130. The first-order chi connectivity index (χ1) is 20.0. The zero-order chi connectivity index (χ0) is 28.3. The van der Waals surface area contributed by atoms with Crippen molar-refractivity contribution in [3.63, 3.8) is 0 Å². The van der Waals surface area contributed by atoms with Crippen molar-refractivity contribution in [2.24, 2.45) is 5.73 Å². The molecule has 2 fully saturated rings. The molecule has 6 rings (SSSR count). The van der Waals surface area contributed by atoms with Gasteiger partial charge in [0.1, 0.15) is 5.82 Å². The van der Waals surface area contributed by atoms with Gasteiger partial charge in [-0.1, -0.05) is 0 Å². The van der Waals surface area contributed by atoms with Crippen LogP contribution in [0.25, 0.3) is 22.2 Å². The normalized spacial score (nSPS) is 18.7. The number of carbonyl (C=O) groups excluding carboxylic acids is 1. The standard InChI is InChI=1S/C32H44N6O3/c1-22-19-27-26(5-11-34-28(27)20-29(22)36-12-6-25(7-13-36)41-16-4-3-10-33)31-30-21-37(23(2)39)14-15-38(30)32(35-31)24-8-17-40-18-9-24/h5,11,19-20,24-25H,3-4,6-10,12-18,21,33H2,1-2H3. The van der Waals surface area contributed by atoms with Gasteiger partial charge in [-0.25, -0.2) is 4.98 Å². The molecule has 0 unspecified atom stereocenters. The molecule has 2 saturated heterocycles. The van der Waals surface area contributed by atoms with Crippen LogP contribution in [0.3, 0.4) is 0 Å². The minimum atomic E-state index is 0.112. The summed E-state index contributed by atoms with van der Waals surface area (Å²) < 4.78 is 14.2. The first kappa shape index (κ1) is 28.1. The molecule has 3 aliphatic rings. The molecule has 3 aromatic rings. The predicted octanol–water partition coefficient (Wildman–Crippen LogP) is 4.39. The molecule has 2 N–H and O–H groups in total. The Bertz CT molecular complexity index is 1370. The van der Waals surface area contributed by atoms with Crippen LogP contribution in [-0.4, -0.2) is 77.4 Å². The van der Waals surface area contributed by atoms with E-state index in [2.05, 4.69) is 34.6 Å². The number of carbonyl (C=O) groups is 1. The summed E-state index contributed by atoms with van der Waals surface area (Å²) in [6, 6.07) is 6.63. The number of anilines is 1. The number of amides is 1. The number of unbranched alkanes of at least 4 members (excludes halogenated alkanes) is 1. The van der Waals surface area contributed by atoms with Crippen LogP contribution in [0.15, 0.2) is 24.4 Å². The van der Waals surface area contributed by atoms with E-state index in [1.807, 2.05) is 11.1 Å². The summed E-state index contributed by atoms with van der Waals surface area (Å²) in [7, 11) is 0. The number of hydrogen-bond donors (Lipinski definition) is 1. The van der Waals surface area contributed by atoms with Crippen molar-refractivity contribution in [1.29, 1.82) is 0 Å². The lowest BCUT2D eigenvalue weighted by Gasteiger charge is -2.34. The molecular formula is C32H44N6O3. The third-order valence-electron chi connectivity index (χ3n) is 9.12. The summed E-state index contributed by atoms with van der Waals surface area (Å²) in [6.45, 7) is 11.0. The number of pyridine rings is 1. The Morgan fingerprint density at radius 2 is 1.90 bits per heavy atom. The number of rotatable bonds is 8. The Morgan fingerprint density at radius 1 is 1.10 bits per heavy atom. The van der Waals surface area contributed by atoms with Crippen molar-refractivity contribution in [3.8, 4) is 11.3 Å². The van der Waals surface area contributed by atoms with E-state index in [0.717, 1.165) is 125 Å². The van der Waals surface area contributed by atoms with Crippen LogP contribution in [-0.2, 0) is 27.4 Å². The van der Waals surface area contributed by atoms with Crippen molar-refractivity contribution in [3.05, 3.63) is 41.5 Å². The molecule has 0 aliphatic carbocycles. The van der Waals surface area contributed by atoms with Gasteiger partial charge in [-0.15, -0.1) is 0 Å². The third-order valence-corrected chi connectivity index (χ3v) is 9.12. The predicted molar refractivity (Wildman–Crippen MR) is 161 cm³/mol. The molecule has 0 spiro atoms. The molecule has 0 atom stereocenters. The number of aryl methyl sites for hydroxylation is 1. The summed E-state index contributed by atoms with van der Waals surface area (Å²) in [6.07, 6.45) is 8.36. The second kappa shape index (κ2) is 12.5. The van der Waals surface area contributed by atoms with Crippen LogP contribution in [0.4, 0.5) is 5.69 Å². The molecule has 9 nitrogen and oxygen atoms in total. The number of fused-ring (bicyclic) bond motifs is 2. The van der Waals surface area contributed by atoms with Crippen LogP contribution in [0.5, 0.6) is 0 Å². The quantitative estimate of drug-likeness (QED) is 0.408. The van der Waals surface area contributed by atoms with E-state index < -0.39 is 0 Å². The van der Waals surface area contributed by atoms with Crippen LogP contribution in [0, 0.1) is 6.92 Å². The van der Waals surface area contributed by atoms with Gasteiger partial charge in [-0.05, 0) is 75.8 Å². The molecule has 2 aromatic heterocycles. The molecule has 220 valence electrons. The summed E-state index contributed by atoms with van der Waals surface area (Å²) >= 11 is 0. The maximum absolute atomic E-state index is 12.4. The number of ether oxygens (including phenoxy) is 2. The Labute approximate surface area is 243 Å². The fraction of sp³-hybridized carbons (Fsp3) is 0.594. The smallest absolute Gasteiger partial charge is 0.219 e. The van der Waals surface area contributed by atoms with Gasteiger partial charge in [-0.2, -0.15) is 0 Å². The van der Waals surface area contributed by atoms with E-state index in [9.17, 15) is 4.79 Å². The highest BCUT2D eigenvalue weighted by molar-refractivity contribution is 5.96. The molecule has 3 aliphatic heterocycles. The lowest BCUT2D eigenvalue weighted by Crippen LogP contribution is -2.37. The van der Waals surface area contributed by atoms with E-state index in [1.54, 1.807) is 6.92 Å². The van der Waals surface area contributed by atoms with E-state index >= 15 is 0 Å². The number of hydrogen-bond acceptors (Lipinski definition) is 7. The average molecular weight is 561 g/mol. The van der Waals surface area contributed by atoms with Crippen LogP contribution in [0.2, 0.25) is 0 Å². The molecule has 0 bridgehead atoms. The summed E-state index contributed by atoms with van der Waals surface area (Å²) in [5, 5.41) is 1.12. The molecule has 1 amide bonds. The van der Waals surface area contributed by atoms with Crippen molar-refractivity contribution >= 4 is 22.5 Å². The van der Waals surface area contributed by atoms with Crippen LogP contribution >= 0.6 is 0 Å². The van der Waals surface area contributed by atoms with Gasteiger partial charge in [0, 0.05) is 81.7 Å². The fourth-order valence-corrected chi connectivity index (χ4v) is 6.74. The SMILES string of the molecule is CC(=O)N1CCn2c(C3CCOCC3)nc(-c3ccnc4cc(N5CCC(OCCCCN)CC5)c(C)cc34)c2C1. The summed E-state index contributed by atoms with van der Waals surface area (Å²) in [5.74, 6) is 1.64. The number of piperidine rings is 1. The lowest BCUT2D eigenvalue weighted by atomic mass is 9.99. The number of imidazole rings is 1. The molecule has 5 heterocycles. The Morgan fingerprint density at radius 3 is 2.66 bits per heavy atom. The van der Waals surface area contributed by atoms with Crippen molar-refractivity contribution in [2.75, 3.05) is 50.9 Å². The van der Waals surface area contributed by atoms with Gasteiger partial charge in [0.2, 0.25) is 5.91 Å². The highest BCUT2D eigenvalue weighted by atomic mass is 16.5. The first-order valence-electron chi connectivity index (χ1n) is 15.4. The molecule has 0 saturated carbocycles. The zero-order valence-corrected chi connectivity index (χ0v) is 24.6. The molecule has 0 radical (unpaired) electrons. The van der Waals surface area contributed by atoms with Crippen LogP contribution < -0.4 is 10.6 Å². The van der Waals surface area contributed by atoms with E-state index in [4.69, 9.17) is 25.2 Å². The van der Waals surface area contributed by atoms with Gasteiger partial charge in [-0.3, -0.25) is 9.78 Å². The van der Waals surface area contributed by atoms with Gasteiger partial charge in [0.15, 0.2) is 0 Å². The highest BCUT2D eigenvalue weighted by Gasteiger charge is 2.31. The van der Waals surface area contributed by atoms with Crippen molar-refractivity contribution in [1.82, 2.24) is 19.4 Å². The van der Waals surface area contributed by atoms with Gasteiger partial charge in [0.05, 0.1) is 29.6 Å². The summed E-state index contributed by atoms with van der Waals surface area (Å²) in [4.78, 5) is 26.9. The summed E-state index contributed by atoms with van der Waals surface area (Å²) in [5.41, 5.74) is 12.3. The largest absolute Gasteiger partial charge is 0.381 e.